The van der Waals surface area contributed by atoms with Crippen LogP contribution in [0.5, 0.6) is 0 Å². The number of hydrogen-bond acceptors (Lipinski definition) is 1. The number of rotatable bonds is 3. The summed E-state index contributed by atoms with van der Waals surface area (Å²) in [6, 6.07) is 10.9. The molecule has 1 nitrogen and oxygen atoms in total. The summed E-state index contributed by atoms with van der Waals surface area (Å²) in [5.74, 6) is -0.436. The third-order valence-corrected chi connectivity index (χ3v) is 2.63. The summed E-state index contributed by atoms with van der Waals surface area (Å²) in [6.07, 6.45) is -4.39. The fourth-order valence-electron chi connectivity index (χ4n) is 1.75. The van der Waals surface area contributed by atoms with Gasteiger partial charge in [0.25, 0.3) is 0 Å². The van der Waals surface area contributed by atoms with E-state index in [0.717, 1.165) is 6.07 Å². The minimum Gasteiger partial charge on any atom is -0.381 e. The molecule has 0 aliphatic carbocycles. The van der Waals surface area contributed by atoms with Gasteiger partial charge in [0.1, 0.15) is 5.82 Å². The molecule has 0 unspecified atom stereocenters. The maximum absolute atomic E-state index is 12.9. The number of hydrogen-bond donors (Lipinski definition) is 1. The van der Waals surface area contributed by atoms with Crippen molar-refractivity contribution in [2.75, 3.05) is 5.32 Å². The zero-order valence-corrected chi connectivity index (χ0v) is 9.84. The average molecular weight is 269 g/mol. The fourth-order valence-corrected chi connectivity index (χ4v) is 1.75. The summed E-state index contributed by atoms with van der Waals surface area (Å²) in [6.45, 7) is -0.0147. The van der Waals surface area contributed by atoms with E-state index in [-0.39, 0.29) is 12.1 Å². The molecule has 2 aromatic rings. The quantitative estimate of drug-likeness (QED) is 0.811. The topological polar surface area (TPSA) is 12.0 Å². The first-order chi connectivity index (χ1) is 8.97. The highest BCUT2D eigenvalue weighted by molar-refractivity contribution is 5.44. The van der Waals surface area contributed by atoms with Crippen molar-refractivity contribution in [3.05, 3.63) is 65.5 Å². The second-order valence-electron chi connectivity index (χ2n) is 4.02. The maximum Gasteiger partial charge on any atom is 0.416 e. The predicted molar refractivity (Wildman–Crippen MR) is 65.2 cm³/mol. The van der Waals surface area contributed by atoms with Gasteiger partial charge in [-0.05, 0) is 29.8 Å². The molecule has 0 spiro atoms. The molecule has 0 amide bonds. The van der Waals surface area contributed by atoms with Gasteiger partial charge in [0.15, 0.2) is 0 Å². The van der Waals surface area contributed by atoms with E-state index in [0.29, 0.717) is 5.69 Å². The fraction of sp³-hybridized carbons (Fsp3) is 0.143. The predicted octanol–water partition coefficient (Wildman–Crippen LogP) is 4.46. The van der Waals surface area contributed by atoms with Crippen LogP contribution < -0.4 is 5.32 Å². The molecule has 0 fully saturated rings. The molecule has 0 radical (unpaired) electrons. The number of halogens is 4. The summed E-state index contributed by atoms with van der Waals surface area (Å²) < 4.78 is 51.2. The lowest BCUT2D eigenvalue weighted by molar-refractivity contribution is -0.138. The SMILES string of the molecule is Fc1cccc(NCc2ccccc2C(F)(F)F)c1. The molecule has 0 aliphatic heterocycles. The zero-order chi connectivity index (χ0) is 13.9. The molecule has 0 aromatic heterocycles. The van der Waals surface area contributed by atoms with Gasteiger partial charge in [0.05, 0.1) is 5.56 Å². The van der Waals surface area contributed by atoms with Crippen LogP contribution in [0.25, 0.3) is 0 Å². The van der Waals surface area contributed by atoms with Crippen molar-refractivity contribution in [1.29, 1.82) is 0 Å². The van der Waals surface area contributed by atoms with Gasteiger partial charge in [-0.15, -0.1) is 0 Å². The zero-order valence-electron chi connectivity index (χ0n) is 9.84. The molecule has 0 heterocycles. The molecular formula is C14H11F4N. The van der Waals surface area contributed by atoms with Crippen molar-refractivity contribution < 1.29 is 17.6 Å². The molecule has 1 N–H and O–H groups in total. The molecule has 2 rings (SSSR count). The van der Waals surface area contributed by atoms with Crippen molar-refractivity contribution in [2.24, 2.45) is 0 Å². The number of alkyl halides is 3. The second-order valence-corrected chi connectivity index (χ2v) is 4.02. The molecule has 0 bridgehead atoms. The van der Waals surface area contributed by atoms with Crippen LogP contribution in [0.2, 0.25) is 0 Å². The monoisotopic (exact) mass is 269 g/mol. The normalized spacial score (nSPS) is 11.4. The highest BCUT2D eigenvalue weighted by atomic mass is 19.4. The molecule has 2 aromatic carbocycles. The Morgan fingerprint density at radius 3 is 2.37 bits per heavy atom. The third-order valence-electron chi connectivity index (χ3n) is 2.63. The minimum atomic E-state index is -4.39. The summed E-state index contributed by atoms with van der Waals surface area (Å²) in [5, 5.41) is 2.77. The molecule has 0 atom stereocenters. The lowest BCUT2D eigenvalue weighted by Gasteiger charge is -2.13. The first-order valence-electron chi connectivity index (χ1n) is 5.61. The number of anilines is 1. The number of benzene rings is 2. The minimum absolute atomic E-state index is 0.0147. The molecule has 0 saturated carbocycles. The van der Waals surface area contributed by atoms with Crippen molar-refractivity contribution in [3.63, 3.8) is 0 Å². The summed E-state index contributed by atoms with van der Waals surface area (Å²) >= 11 is 0. The van der Waals surface area contributed by atoms with Crippen LogP contribution in [0.1, 0.15) is 11.1 Å². The van der Waals surface area contributed by atoms with E-state index in [1.54, 1.807) is 6.07 Å². The van der Waals surface area contributed by atoms with Gasteiger partial charge >= 0.3 is 6.18 Å². The Balaban J connectivity index is 2.16. The van der Waals surface area contributed by atoms with Crippen LogP contribution in [0, 0.1) is 5.82 Å². The second kappa shape index (κ2) is 5.30. The van der Waals surface area contributed by atoms with Gasteiger partial charge < -0.3 is 5.32 Å². The van der Waals surface area contributed by atoms with Crippen molar-refractivity contribution in [3.8, 4) is 0 Å². The lowest BCUT2D eigenvalue weighted by atomic mass is 10.1. The van der Waals surface area contributed by atoms with Gasteiger partial charge in [0, 0.05) is 12.2 Å². The standard InChI is InChI=1S/C14H11F4N/c15-11-5-3-6-12(8-11)19-9-10-4-1-2-7-13(10)14(16,17)18/h1-8,19H,9H2. The first kappa shape index (κ1) is 13.4. The largest absolute Gasteiger partial charge is 0.416 e. The third kappa shape index (κ3) is 3.47. The smallest absolute Gasteiger partial charge is 0.381 e. The Morgan fingerprint density at radius 1 is 0.947 bits per heavy atom. The highest BCUT2D eigenvalue weighted by Crippen LogP contribution is 2.32. The molecule has 19 heavy (non-hydrogen) atoms. The Bertz CT molecular complexity index is 563. The van der Waals surface area contributed by atoms with Gasteiger partial charge in [-0.1, -0.05) is 24.3 Å². The van der Waals surface area contributed by atoms with Crippen LogP contribution >= 0.6 is 0 Å². The first-order valence-corrected chi connectivity index (χ1v) is 5.61. The summed E-state index contributed by atoms with van der Waals surface area (Å²) in [5.41, 5.74) is -0.116. The van der Waals surface area contributed by atoms with E-state index >= 15 is 0 Å². The van der Waals surface area contributed by atoms with Gasteiger partial charge in [-0.2, -0.15) is 13.2 Å². The molecule has 5 heteroatoms. The van der Waals surface area contributed by atoms with Crippen LogP contribution in [0.4, 0.5) is 23.2 Å². The summed E-state index contributed by atoms with van der Waals surface area (Å²) in [4.78, 5) is 0. The molecule has 100 valence electrons. The lowest BCUT2D eigenvalue weighted by Crippen LogP contribution is -2.11. The molecule has 0 aliphatic rings. The Labute approximate surface area is 107 Å². The molecule has 0 saturated heterocycles. The van der Waals surface area contributed by atoms with Crippen LogP contribution in [-0.4, -0.2) is 0 Å². The Morgan fingerprint density at radius 2 is 1.68 bits per heavy atom. The Hall–Kier alpha value is -2.04. The van der Waals surface area contributed by atoms with Crippen molar-refractivity contribution >= 4 is 5.69 Å². The van der Waals surface area contributed by atoms with Gasteiger partial charge in [-0.25, -0.2) is 4.39 Å². The average Bonchev–Trinajstić information content (AvgIpc) is 2.36. The van der Waals surface area contributed by atoms with E-state index in [4.69, 9.17) is 0 Å². The van der Waals surface area contributed by atoms with Gasteiger partial charge in [-0.3, -0.25) is 0 Å². The van der Waals surface area contributed by atoms with Crippen LogP contribution in [-0.2, 0) is 12.7 Å². The van der Waals surface area contributed by atoms with Crippen molar-refractivity contribution in [2.45, 2.75) is 12.7 Å². The van der Waals surface area contributed by atoms with Gasteiger partial charge in [0.2, 0.25) is 0 Å². The highest BCUT2D eigenvalue weighted by Gasteiger charge is 2.32. The summed E-state index contributed by atoms with van der Waals surface area (Å²) in [7, 11) is 0. The van der Waals surface area contributed by atoms with Crippen LogP contribution in [0.3, 0.4) is 0 Å². The maximum atomic E-state index is 12.9. The number of nitrogens with one attached hydrogen (secondary N) is 1. The van der Waals surface area contributed by atoms with E-state index in [2.05, 4.69) is 5.32 Å². The van der Waals surface area contributed by atoms with E-state index in [1.807, 2.05) is 0 Å². The molecular weight excluding hydrogens is 258 g/mol. The van der Waals surface area contributed by atoms with E-state index < -0.39 is 17.6 Å². The van der Waals surface area contributed by atoms with E-state index in [9.17, 15) is 17.6 Å². The van der Waals surface area contributed by atoms with Crippen molar-refractivity contribution in [1.82, 2.24) is 0 Å². The Kier molecular flexibility index (Phi) is 3.74. The van der Waals surface area contributed by atoms with E-state index in [1.165, 1.54) is 36.4 Å². The van der Waals surface area contributed by atoms with Crippen LogP contribution in [0.15, 0.2) is 48.5 Å².